The van der Waals surface area contributed by atoms with E-state index < -0.39 is 52.8 Å². The highest BCUT2D eigenvalue weighted by Gasteiger charge is 2.58. The quantitative estimate of drug-likeness (QED) is 0.329. The number of Topliss-reactive ketones (excluding diaryl/α,β-unsaturated/α-hetero) is 1. The molecule has 1 saturated heterocycles. The fourth-order valence-electron chi connectivity index (χ4n) is 7.19. The third-order valence-electron chi connectivity index (χ3n) is 9.68. The normalized spacial score (nSPS) is 24.1. The zero-order valence-electron chi connectivity index (χ0n) is 28.2. The molecule has 248 valence electrons. The van der Waals surface area contributed by atoms with Crippen LogP contribution in [0.3, 0.4) is 0 Å². The lowest BCUT2D eigenvalue weighted by atomic mass is 9.75. The first kappa shape index (κ1) is 34.4. The molecule has 3 aliphatic rings. The van der Waals surface area contributed by atoms with Gasteiger partial charge in [-0.3, -0.25) is 19.2 Å². The topological polar surface area (TPSA) is 134 Å². The molecule has 1 aromatic carbocycles. The summed E-state index contributed by atoms with van der Waals surface area (Å²) in [4.78, 5) is 69.8. The Balaban J connectivity index is 1.61. The molecular weight excluding hydrogens is 572 g/mol. The van der Waals surface area contributed by atoms with Gasteiger partial charge in [0.15, 0.2) is 0 Å². The lowest BCUT2D eigenvalue weighted by Crippen LogP contribution is -2.61. The third kappa shape index (κ3) is 8.24. The number of rotatable bonds is 9. The van der Waals surface area contributed by atoms with Crippen molar-refractivity contribution in [1.82, 2.24) is 15.5 Å². The van der Waals surface area contributed by atoms with E-state index in [1.165, 1.54) is 0 Å². The maximum Gasteiger partial charge on any atom is 0.408 e. The molecule has 0 aromatic heterocycles. The van der Waals surface area contributed by atoms with Crippen molar-refractivity contribution in [2.45, 2.75) is 118 Å². The monoisotopic (exact) mass is 624 g/mol. The van der Waals surface area contributed by atoms with Crippen LogP contribution in [0.5, 0.6) is 0 Å². The molecule has 0 bridgehead atoms. The number of hydrogen-bond donors (Lipinski definition) is 3. The van der Waals surface area contributed by atoms with Crippen molar-refractivity contribution in [1.29, 1.82) is 0 Å². The van der Waals surface area contributed by atoms with Crippen molar-refractivity contribution in [2.24, 2.45) is 28.6 Å². The summed E-state index contributed by atoms with van der Waals surface area (Å²) in [6.07, 6.45) is 4.39. The number of para-hydroxylation sites is 1. The van der Waals surface area contributed by atoms with Crippen LogP contribution in [-0.2, 0) is 23.9 Å². The van der Waals surface area contributed by atoms with Crippen LogP contribution in [0, 0.1) is 28.6 Å². The van der Waals surface area contributed by atoms with E-state index in [1.807, 2.05) is 26.8 Å². The Bertz CT molecular complexity index is 1280. The molecular formula is C35H52N4O6. The van der Waals surface area contributed by atoms with Crippen molar-refractivity contribution in [3.8, 4) is 0 Å². The van der Waals surface area contributed by atoms with Gasteiger partial charge in [-0.25, -0.2) is 4.79 Å². The molecule has 3 fully saturated rings. The second-order valence-corrected chi connectivity index (χ2v) is 16.0. The molecule has 3 N–H and O–H groups in total. The number of fused-ring (bicyclic) bond motifs is 1. The molecule has 45 heavy (non-hydrogen) atoms. The number of likely N-dealkylation sites (tertiary alicyclic amines) is 1. The molecule has 10 heteroatoms. The van der Waals surface area contributed by atoms with Gasteiger partial charge in [0.25, 0.3) is 5.91 Å². The van der Waals surface area contributed by atoms with Gasteiger partial charge >= 0.3 is 6.09 Å². The lowest BCUT2D eigenvalue weighted by Gasteiger charge is -2.39. The second kappa shape index (κ2) is 13.1. The fraction of sp³-hybridized carbons (Fsp3) is 0.686. The standard InChI is InChI=1S/C35H52N4O6/c1-33(2,3)28(38-32(44)45-34(4,5)6)31(43)39-20-22-17-18-35(7,8)25(22)26(39)29(41)37-24(19-21-13-12-14-21)27(40)30(42)36-23-15-10-9-11-16-23/h9-11,15-16,21-22,24-26,28H,12-14,17-20H2,1-8H3,(H,36,42)(H,37,41)(H,38,44)/t22?,24?,25-,26-,28+/m0/s1. The maximum absolute atomic E-state index is 14.4. The fourth-order valence-corrected chi connectivity index (χ4v) is 7.19. The molecule has 2 aliphatic carbocycles. The second-order valence-electron chi connectivity index (χ2n) is 16.0. The number of nitrogens with zero attached hydrogens (tertiary/aromatic N) is 1. The number of carbonyl (C=O) groups is 5. The van der Waals surface area contributed by atoms with Crippen LogP contribution in [0.4, 0.5) is 10.5 Å². The Morgan fingerprint density at radius 1 is 0.956 bits per heavy atom. The van der Waals surface area contributed by atoms with Crippen molar-refractivity contribution >= 4 is 35.3 Å². The molecule has 1 heterocycles. The largest absolute Gasteiger partial charge is 0.444 e. The van der Waals surface area contributed by atoms with Gasteiger partial charge in [-0.2, -0.15) is 0 Å². The van der Waals surface area contributed by atoms with Crippen molar-refractivity contribution in [3.05, 3.63) is 30.3 Å². The minimum Gasteiger partial charge on any atom is -0.444 e. The Labute approximate surface area is 267 Å². The molecule has 4 amide bonds. The minimum atomic E-state index is -1.01. The first-order valence-corrected chi connectivity index (χ1v) is 16.4. The predicted molar refractivity (Wildman–Crippen MR) is 172 cm³/mol. The summed E-state index contributed by atoms with van der Waals surface area (Å²) in [6, 6.07) is 5.94. The van der Waals surface area contributed by atoms with Gasteiger partial charge in [-0.1, -0.05) is 72.1 Å². The van der Waals surface area contributed by atoms with E-state index in [-0.39, 0.29) is 29.1 Å². The zero-order valence-corrected chi connectivity index (χ0v) is 28.2. The van der Waals surface area contributed by atoms with Crippen molar-refractivity contribution < 1.29 is 28.7 Å². The number of amides is 4. The number of nitrogens with one attached hydrogen (secondary N) is 3. The van der Waals surface area contributed by atoms with Gasteiger partial charge in [0.05, 0.1) is 6.04 Å². The number of anilines is 1. The van der Waals surface area contributed by atoms with Gasteiger partial charge in [0.1, 0.15) is 17.7 Å². The van der Waals surface area contributed by atoms with E-state index in [1.54, 1.807) is 49.9 Å². The van der Waals surface area contributed by atoms with Crippen LogP contribution in [0.1, 0.15) is 93.9 Å². The molecule has 4 rings (SSSR count). The van der Waals surface area contributed by atoms with Crippen LogP contribution < -0.4 is 16.0 Å². The van der Waals surface area contributed by atoms with Crippen molar-refractivity contribution in [2.75, 3.05) is 11.9 Å². The van der Waals surface area contributed by atoms with E-state index in [0.717, 1.165) is 32.1 Å². The summed E-state index contributed by atoms with van der Waals surface area (Å²) >= 11 is 0. The highest BCUT2D eigenvalue weighted by atomic mass is 16.6. The molecule has 1 aliphatic heterocycles. The van der Waals surface area contributed by atoms with Gasteiger partial charge in [0, 0.05) is 12.2 Å². The summed E-state index contributed by atoms with van der Waals surface area (Å²) in [7, 11) is 0. The van der Waals surface area contributed by atoms with E-state index in [9.17, 15) is 24.0 Å². The number of hydrogen-bond acceptors (Lipinski definition) is 6. The molecule has 0 radical (unpaired) electrons. The number of carbonyl (C=O) groups excluding carboxylic acids is 5. The Morgan fingerprint density at radius 3 is 2.16 bits per heavy atom. The first-order chi connectivity index (χ1) is 20.9. The molecule has 10 nitrogen and oxygen atoms in total. The summed E-state index contributed by atoms with van der Waals surface area (Å²) in [5.41, 5.74) is -1.16. The SMILES string of the molecule is CC(C)(C)OC(=O)N[C@H](C(=O)N1CC2CCC(C)(C)[C@@H]2[C@H]1C(=O)NC(CC1CCC1)C(=O)C(=O)Nc1ccccc1)C(C)(C)C. The van der Waals surface area contributed by atoms with E-state index in [2.05, 4.69) is 29.8 Å². The molecule has 2 unspecified atom stereocenters. The summed E-state index contributed by atoms with van der Waals surface area (Å²) < 4.78 is 5.48. The highest BCUT2D eigenvalue weighted by Crippen LogP contribution is 2.53. The average Bonchev–Trinajstić information content (AvgIpc) is 3.44. The zero-order chi connectivity index (χ0) is 33.3. The average molecular weight is 625 g/mol. The first-order valence-electron chi connectivity index (χ1n) is 16.4. The van der Waals surface area contributed by atoms with Crippen LogP contribution in [0.25, 0.3) is 0 Å². The third-order valence-corrected chi connectivity index (χ3v) is 9.68. The smallest absolute Gasteiger partial charge is 0.408 e. The van der Waals surface area contributed by atoms with Crippen LogP contribution in [0.15, 0.2) is 30.3 Å². The van der Waals surface area contributed by atoms with Gasteiger partial charge < -0.3 is 25.6 Å². The summed E-state index contributed by atoms with van der Waals surface area (Å²) in [5, 5.41) is 8.40. The molecule has 2 saturated carbocycles. The summed E-state index contributed by atoms with van der Waals surface area (Å²) in [5.74, 6) is -2.06. The van der Waals surface area contributed by atoms with E-state index in [0.29, 0.717) is 18.7 Å². The lowest BCUT2D eigenvalue weighted by molar-refractivity contribution is -0.145. The highest BCUT2D eigenvalue weighted by molar-refractivity contribution is 6.42. The van der Waals surface area contributed by atoms with Gasteiger partial charge in [-0.15, -0.1) is 0 Å². The van der Waals surface area contributed by atoms with Gasteiger partial charge in [0.2, 0.25) is 17.6 Å². The molecule has 0 spiro atoms. The van der Waals surface area contributed by atoms with E-state index >= 15 is 0 Å². The van der Waals surface area contributed by atoms with Crippen molar-refractivity contribution in [3.63, 3.8) is 0 Å². The van der Waals surface area contributed by atoms with E-state index in [4.69, 9.17) is 4.74 Å². The van der Waals surface area contributed by atoms with Gasteiger partial charge in [-0.05, 0) is 80.8 Å². The van der Waals surface area contributed by atoms with Crippen LogP contribution in [-0.4, -0.2) is 64.8 Å². The Kier molecular flexibility index (Phi) is 10.0. The maximum atomic E-state index is 14.4. The minimum absolute atomic E-state index is 0.101. The predicted octanol–water partition coefficient (Wildman–Crippen LogP) is 5.07. The Hall–Kier alpha value is -3.43. The number of alkyl carbamates (subject to hydrolysis) is 1. The Morgan fingerprint density at radius 2 is 1.60 bits per heavy atom. The summed E-state index contributed by atoms with van der Waals surface area (Å²) in [6.45, 7) is 15.5. The molecule has 1 aromatic rings. The van der Waals surface area contributed by atoms with Crippen LogP contribution >= 0.6 is 0 Å². The number of ketones is 1. The van der Waals surface area contributed by atoms with Crippen LogP contribution in [0.2, 0.25) is 0 Å². The molecule has 5 atom stereocenters. The number of ether oxygens (including phenoxy) is 1. The number of benzene rings is 1.